The second kappa shape index (κ2) is 18.7. The van der Waals surface area contributed by atoms with Gasteiger partial charge in [-0.15, -0.1) is 12.6 Å². The number of rotatable bonds is 8. The van der Waals surface area contributed by atoms with E-state index < -0.39 is 0 Å². The summed E-state index contributed by atoms with van der Waals surface area (Å²) in [5, 5.41) is 2.49. The lowest BCUT2D eigenvalue weighted by atomic mass is 9.32. The highest BCUT2D eigenvalue weighted by Gasteiger charge is 2.46. The minimum absolute atomic E-state index is 0.145. The van der Waals surface area contributed by atoms with Crippen molar-refractivity contribution < 1.29 is 0 Å². The van der Waals surface area contributed by atoms with Crippen LogP contribution in [0.25, 0.3) is 38.6 Å². The molecule has 0 spiro atoms. The molecule has 0 N–H and O–H groups in total. The quantitative estimate of drug-likeness (QED) is 0.121. The molecule has 4 heterocycles. The van der Waals surface area contributed by atoms with Gasteiger partial charge in [0.1, 0.15) is 0 Å². The summed E-state index contributed by atoms with van der Waals surface area (Å²) in [7, 11) is 0. The molecular formula is C72H49B2N5S. The minimum Gasteiger partial charge on any atom is -0.376 e. The molecule has 13 aromatic rings. The van der Waals surface area contributed by atoms with E-state index in [1.54, 1.807) is 0 Å². The third kappa shape index (κ3) is 7.15. The van der Waals surface area contributed by atoms with Crippen LogP contribution in [0, 0.1) is 0 Å². The fraction of sp³-hybridized carbons (Fsp3) is 0. The Morgan fingerprint density at radius 1 is 0.312 bits per heavy atom. The Balaban J connectivity index is 0.973. The third-order valence-electron chi connectivity index (χ3n) is 16.6. The molecule has 16 rings (SSSR count). The van der Waals surface area contributed by atoms with Crippen molar-refractivity contribution in [3.8, 4) is 16.8 Å². The molecule has 3 aliphatic rings. The van der Waals surface area contributed by atoms with Crippen molar-refractivity contribution in [2.75, 3.05) is 19.5 Å². The van der Waals surface area contributed by atoms with Crippen molar-refractivity contribution in [3.05, 3.63) is 291 Å². The maximum atomic E-state index is 5.72. The Bertz CT molecular complexity index is 4440. The summed E-state index contributed by atoms with van der Waals surface area (Å²) in [6, 6.07) is 107. The van der Waals surface area contributed by atoms with E-state index in [0.717, 1.165) is 78.6 Å². The van der Waals surface area contributed by atoms with Crippen molar-refractivity contribution in [3.63, 3.8) is 0 Å². The third-order valence-corrected chi connectivity index (χ3v) is 17.0. The average molecular weight is 1040 g/mol. The Hall–Kier alpha value is -9.88. The van der Waals surface area contributed by atoms with Gasteiger partial charge in [0.05, 0.1) is 16.7 Å². The van der Waals surface area contributed by atoms with Crippen molar-refractivity contribution in [2.24, 2.45) is 0 Å². The first-order valence-corrected chi connectivity index (χ1v) is 27.9. The second-order valence-corrected chi connectivity index (χ2v) is 21.5. The molecule has 0 saturated heterocycles. The van der Waals surface area contributed by atoms with Gasteiger partial charge in [0.2, 0.25) is 0 Å². The molecule has 0 bridgehead atoms. The lowest BCUT2D eigenvalue weighted by molar-refractivity contribution is 1.18. The summed E-state index contributed by atoms with van der Waals surface area (Å²) in [4.78, 5) is 10.9. The zero-order chi connectivity index (χ0) is 52.8. The fourth-order valence-electron chi connectivity index (χ4n) is 13.4. The smallest absolute Gasteiger partial charge is 0.329 e. The zero-order valence-electron chi connectivity index (χ0n) is 43.6. The van der Waals surface area contributed by atoms with Gasteiger partial charge >= 0.3 is 6.85 Å². The first-order valence-electron chi connectivity index (χ1n) is 27.5. The van der Waals surface area contributed by atoms with Crippen LogP contribution in [0.3, 0.4) is 0 Å². The van der Waals surface area contributed by atoms with E-state index in [1.807, 2.05) is 0 Å². The van der Waals surface area contributed by atoms with E-state index in [1.165, 1.54) is 54.8 Å². The van der Waals surface area contributed by atoms with Gasteiger partial charge in [0, 0.05) is 83.8 Å². The number of nitrogens with zero attached hydrogens (tertiary/aromatic N) is 5. The van der Waals surface area contributed by atoms with E-state index in [9.17, 15) is 0 Å². The summed E-state index contributed by atoms with van der Waals surface area (Å²) in [6.45, 7) is -0.404. The lowest BCUT2D eigenvalue weighted by Gasteiger charge is -2.45. The molecule has 374 valence electrons. The van der Waals surface area contributed by atoms with Crippen LogP contribution < -0.4 is 46.8 Å². The van der Waals surface area contributed by atoms with Gasteiger partial charge in [-0.05, 0) is 148 Å². The predicted octanol–water partition coefficient (Wildman–Crippen LogP) is 15.5. The van der Waals surface area contributed by atoms with Crippen molar-refractivity contribution in [2.45, 2.75) is 4.90 Å². The summed E-state index contributed by atoms with van der Waals surface area (Å²) in [5.41, 5.74) is 24.1. The highest BCUT2D eigenvalue weighted by atomic mass is 32.1. The van der Waals surface area contributed by atoms with Gasteiger partial charge in [-0.25, -0.2) is 0 Å². The topological polar surface area (TPSA) is 17.9 Å². The normalized spacial score (nSPS) is 12.9. The van der Waals surface area contributed by atoms with E-state index in [2.05, 4.69) is 315 Å². The number of hydrogen-bond acceptors (Lipinski definition) is 5. The molecular weight excluding hydrogens is 989 g/mol. The molecule has 0 saturated carbocycles. The Labute approximate surface area is 472 Å². The Kier molecular flexibility index (Phi) is 10.8. The summed E-state index contributed by atoms with van der Waals surface area (Å²) >= 11 is 5.72. The molecule has 0 amide bonds. The summed E-state index contributed by atoms with van der Waals surface area (Å²) in [5.74, 6) is 0. The molecule has 3 aliphatic heterocycles. The summed E-state index contributed by atoms with van der Waals surface area (Å²) < 4.78 is 2.44. The molecule has 0 unspecified atom stereocenters. The largest absolute Gasteiger partial charge is 0.376 e. The second-order valence-electron chi connectivity index (χ2n) is 21.0. The van der Waals surface area contributed by atoms with Crippen molar-refractivity contribution >= 4 is 138 Å². The van der Waals surface area contributed by atoms with E-state index in [0.29, 0.717) is 0 Å². The van der Waals surface area contributed by atoms with Gasteiger partial charge in [-0.1, -0.05) is 176 Å². The number of aromatic nitrogens is 1. The SMILES string of the molecule is Sc1cc2c(cc1B1c3ccc(-n4c5ccccc5c5ccccc54)cc3-c3ccccc3N1c1ccccc1)B1c3ccccc3N(c3ccccc3)c3cc(N(c4ccccc4)c4ccccc4)cc(c31)N2c1ccccc1. The first-order chi connectivity index (χ1) is 39.7. The molecule has 12 aromatic carbocycles. The molecule has 80 heavy (non-hydrogen) atoms. The van der Waals surface area contributed by atoms with Crippen LogP contribution in [0.1, 0.15) is 0 Å². The molecule has 5 nitrogen and oxygen atoms in total. The van der Waals surface area contributed by atoms with Crippen molar-refractivity contribution in [1.82, 2.24) is 4.57 Å². The molecule has 0 radical (unpaired) electrons. The number of anilines is 11. The van der Waals surface area contributed by atoms with Crippen molar-refractivity contribution in [1.29, 1.82) is 0 Å². The molecule has 0 fully saturated rings. The van der Waals surface area contributed by atoms with Crippen LogP contribution >= 0.6 is 12.6 Å². The monoisotopic (exact) mass is 1040 g/mol. The van der Waals surface area contributed by atoms with E-state index in [-0.39, 0.29) is 13.6 Å². The maximum Gasteiger partial charge on any atom is 0.329 e. The van der Waals surface area contributed by atoms with Gasteiger partial charge in [0.25, 0.3) is 6.71 Å². The molecule has 8 heteroatoms. The minimum atomic E-state index is -0.259. The molecule has 0 atom stereocenters. The Morgan fingerprint density at radius 3 is 1.43 bits per heavy atom. The summed E-state index contributed by atoms with van der Waals surface area (Å²) in [6.07, 6.45) is 0. The molecule has 0 aliphatic carbocycles. The highest BCUT2D eigenvalue weighted by molar-refractivity contribution is 7.80. The number of fused-ring (bicyclic) bond motifs is 10. The van der Waals surface area contributed by atoms with E-state index >= 15 is 0 Å². The first kappa shape index (κ1) is 46.2. The van der Waals surface area contributed by atoms with Gasteiger partial charge in [0.15, 0.2) is 0 Å². The lowest BCUT2D eigenvalue weighted by Crippen LogP contribution is -2.64. The zero-order valence-corrected chi connectivity index (χ0v) is 44.4. The van der Waals surface area contributed by atoms with E-state index in [4.69, 9.17) is 12.6 Å². The fourth-order valence-corrected chi connectivity index (χ4v) is 13.7. The predicted molar refractivity (Wildman–Crippen MR) is 342 cm³/mol. The number of para-hydroxylation sites is 9. The standard InChI is InChI=1S/C72H49B2N5S/c80-71-48-68-62(47-63(71)74-60-43-42-54(78-64-38-20-16-34-56(64)57-35-17-21-39-65(57)78)44-59(60)58-36-18-22-40-66(58)79(74)53-32-14-5-15-33-53)73-61-37-19-23-41-67(61)76(51-28-10-3-11-29-51)69-45-55(46-70(72(69)73)77(68)52-30-12-4-13-31-52)75(49-24-6-1-7-25-49)50-26-8-2-9-27-50/h1-48,80H. The van der Waals surface area contributed by atoms with Crippen LogP contribution in [-0.2, 0) is 0 Å². The Morgan fingerprint density at radius 2 is 0.812 bits per heavy atom. The van der Waals surface area contributed by atoms with Crippen LogP contribution in [0.15, 0.2) is 296 Å². The molecule has 1 aromatic heterocycles. The van der Waals surface area contributed by atoms with Crippen LogP contribution in [0.5, 0.6) is 0 Å². The van der Waals surface area contributed by atoms with Gasteiger partial charge in [-0.2, -0.15) is 0 Å². The average Bonchev–Trinajstić information content (AvgIpc) is 2.96. The van der Waals surface area contributed by atoms with Crippen LogP contribution in [-0.4, -0.2) is 18.1 Å². The maximum absolute atomic E-state index is 5.72. The highest BCUT2D eigenvalue weighted by Crippen LogP contribution is 2.49. The number of thiol groups is 1. The van der Waals surface area contributed by atoms with Crippen LogP contribution in [0.4, 0.5) is 62.6 Å². The number of hydrogen-bond donors (Lipinski definition) is 1. The van der Waals surface area contributed by atoms with Crippen LogP contribution in [0.2, 0.25) is 0 Å². The van der Waals surface area contributed by atoms with Gasteiger partial charge in [-0.3, -0.25) is 0 Å². The van der Waals surface area contributed by atoms with Gasteiger partial charge < -0.3 is 24.1 Å². The number of benzene rings is 12.